The van der Waals surface area contributed by atoms with E-state index >= 15 is 0 Å². The van der Waals surface area contributed by atoms with Crippen LogP contribution in [0.1, 0.15) is 56.2 Å². The molecule has 2 aromatic heterocycles. The average Bonchev–Trinajstić information content (AvgIpc) is 3.22. The zero-order chi connectivity index (χ0) is 20.2. The number of aromatic nitrogens is 3. The third-order valence-electron chi connectivity index (χ3n) is 6.12. The Kier molecular flexibility index (Phi) is 6.07. The van der Waals surface area contributed by atoms with Crippen molar-refractivity contribution >= 4 is 11.6 Å². The molecule has 154 valence electrons. The third kappa shape index (κ3) is 4.57. The lowest BCUT2D eigenvalue weighted by Gasteiger charge is -2.24. The summed E-state index contributed by atoms with van der Waals surface area (Å²) in [4.78, 5) is 28.8. The molecule has 0 aliphatic heterocycles. The minimum absolute atomic E-state index is 0.311. The third-order valence-corrected chi connectivity index (χ3v) is 6.12. The quantitative estimate of drug-likeness (QED) is 0.707. The SMILES string of the molecule is COc1ccnc(-c2nc3c(c(N(C)CC(=O)CC4CCCCC4)n2)CCC3)c1. The zero-order valence-corrected chi connectivity index (χ0v) is 17.5. The fraction of sp³-hybridized carbons (Fsp3) is 0.565. The van der Waals surface area contributed by atoms with Crippen molar-refractivity contribution in [2.45, 2.75) is 57.8 Å². The lowest BCUT2D eigenvalue weighted by molar-refractivity contribution is -0.118. The number of Topliss-reactive ketones (excluding diaryl/α,β-unsaturated/α-hetero) is 1. The molecule has 0 amide bonds. The van der Waals surface area contributed by atoms with E-state index in [0.29, 0.717) is 36.2 Å². The first kappa shape index (κ1) is 19.8. The van der Waals surface area contributed by atoms with Gasteiger partial charge < -0.3 is 9.64 Å². The first-order valence-corrected chi connectivity index (χ1v) is 10.8. The van der Waals surface area contributed by atoms with E-state index in [1.54, 1.807) is 13.3 Å². The molecule has 0 atom stereocenters. The highest BCUT2D eigenvalue weighted by atomic mass is 16.5. The Morgan fingerprint density at radius 2 is 2.00 bits per heavy atom. The molecule has 1 saturated carbocycles. The second-order valence-corrected chi connectivity index (χ2v) is 8.33. The van der Waals surface area contributed by atoms with Crippen molar-refractivity contribution in [2.24, 2.45) is 5.92 Å². The molecule has 0 bridgehead atoms. The zero-order valence-electron chi connectivity index (χ0n) is 17.5. The normalized spacial score (nSPS) is 16.5. The van der Waals surface area contributed by atoms with Gasteiger partial charge in [-0.25, -0.2) is 9.97 Å². The maximum absolute atomic E-state index is 12.7. The first-order valence-electron chi connectivity index (χ1n) is 10.8. The lowest BCUT2D eigenvalue weighted by Crippen LogP contribution is -2.29. The van der Waals surface area contributed by atoms with Crippen LogP contribution in [0.5, 0.6) is 5.75 Å². The molecular formula is C23H30N4O2. The minimum Gasteiger partial charge on any atom is -0.497 e. The van der Waals surface area contributed by atoms with E-state index in [4.69, 9.17) is 14.7 Å². The van der Waals surface area contributed by atoms with Crippen LogP contribution in [0, 0.1) is 5.92 Å². The summed E-state index contributed by atoms with van der Waals surface area (Å²) in [7, 11) is 3.61. The van der Waals surface area contributed by atoms with Gasteiger partial charge in [0.1, 0.15) is 17.3 Å². The molecule has 0 aromatic carbocycles. The standard InChI is InChI=1S/C23H30N4O2/c1-27(15-17(28)13-16-7-4-3-5-8-16)23-19-9-6-10-20(19)25-22(26-23)21-14-18(29-2)11-12-24-21/h11-12,14,16H,3-10,13,15H2,1-2H3. The predicted octanol–water partition coefficient (Wildman–Crippen LogP) is 4.01. The van der Waals surface area contributed by atoms with E-state index in [2.05, 4.69) is 4.98 Å². The number of aryl methyl sites for hydroxylation is 1. The Balaban J connectivity index is 1.55. The van der Waals surface area contributed by atoms with E-state index in [-0.39, 0.29) is 0 Å². The average molecular weight is 395 g/mol. The number of carbonyl (C=O) groups is 1. The fourth-order valence-electron chi connectivity index (χ4n) is 4.62. The van der Waals surface area contributed by atoms with Crippen LogP contribution < -0.4 is 9.64 Å². The molecule has 0 unspecified atom stereocenters. The van der Waals surface area contributed by atoms with Gasteiger partial charge in [-0.1, -0.05) is 32.1 Å². The fourth-order valence-corrected chi connectivity index (χ4v) is 4.62. The Hall–Kier alpha value is -2.50. The molecule has 6 heteroatoms. The summed E-state index contributed by atoms with van der Waals surface area (Å²) in [5.74, 6) is 3.09. The van der Waals surface area contributed by atoms with Crippen LogP contribution in [-0.2, 0) is 17.6 Å². The van der Waals surface area contributed by atoms with Crippen molar-refractivity contribution in [3.8, 4) is 17.3 Å². The summed E-state index contributed by atoms with van der Waals surface area (Å²) in [6.45, 7) is 0.408. The van der Waals surface area contributed by atoms with Gasteiger partial charge in [0.15, 0.2) is 11.6 Å². The smallest absolute Gasteiger partial charge is 0.180 e. The number of likely N-dealkylation sites (N-methyl/N-ethyl adjacent to an activating group) is 1. The van der Waals surface area contributed by atoms with E-state index in [9.17, 15) is 4.79 Å². The lowest BCUT2D eigenvalue weighted by atomic mass is 9.86. The summed E-state index contributed by atoms with van der Waals surface area (Å²) < 4.78 is 5.32. The number of methoxy groups -OCH3 is 1. The Morgan fingerprint density at radius 3 is 2.79 bits per heavy atom. The number of hydrogen-bond acceptors (Lipinski definition) is 6. The Labute approximate surface area is 172 Å². The molecule has 4 rings (SSSR count). The highest BCUT2D eigenvalue weighted by Gasteiger charge is 2.24. The number of hydrogen-bond donors (Lipinski definition) is 0. The van der Waals surface area contributed by atoms with Crippen LogP contribution >= 0.6 is 0 Å². The molecule has 29 heavy (non-hydrogen) atoms. The van der Waals surface area contributed by atoms with Crippen LogP contribution in [0.15, 0.2) is 18.3 Å². The monoisotopic (exact) mass is 394 g/mol. The van der Waals surface area contributed by atoms with Crippen molar-refractivity contribution in [2.75, 3.05) is 25.6 Å². The summed E-state index contributed by atoms with van der Waals surface area (Å²) in [6, 6.07) is 3.67. The second kappa shape index (κ2) is 8.89. The number of ketones is 1. The van der Waals surface area contributed by atoms with Gasteiger partial charge in [-0.05, 0) is 31.2 Å². The van der Waals surface area contributed by atoms with Crippen molar-refractivity contribution < 1.29 is 9.53 Å². The van der Waals surface area contributed by atoms with Crippen molar-refractivity contribution in [3.05, 3.63) is 29.6 Å². The topological polar surface area (TPSA) is 68.2 Å². The largest absolute Gasteiger partial charge is 0.497 e. The number of fused-ring (bicyclic) bond motifs is 1. The maximum Gasteiger partial charge on any atom is 0.180 e. The van der Waals surface area contributed by atoms with E-state index in [1.165, 1.54) is 37.7 Å². The molecule has 2 aliphatic carbocycles. The molecule has 2 aromatic rings. The van der Waals surface area contributed by atoms with Crippen LogP contribution in [0.25, 0.3) is 11.5 Å². The van der Waals surface area contributed by atoms with Crippen molar-refractivity contribution in [1.82, 2.24) is 15.0 Å². The molecular weight excluding hydrogens is 364 g/mol. The van der Waals surface area contributed by atoms with Gasteiger partial charge in [-0.3, -0.25) is 9.78 Å². The number of rotatable bonds is 7. The first-order chi connectivity index (χ1) is 14.1. The van der Waals surface area contributed by atoms with Crippen molar-refractivity contribution in [1.29, 1.82) is 0 Å². The molecule has 0 saturated heterocycles. The van der Waals surface area contributed by atoms with Gasteiger partial charge in [0.2, 0.25) is 0 Å². The minimum atomic E-state index is 0.311. The maximum atomic E-state index is 12.7. The van der Waals surface area contributed by atoms with Crippen LogP contribution in [-0.4, -0.2) is 41.4 Å². The van der Waals surface area contributed by atoms with Gasteiger partial charge >= 0.3 is 0 Å². The summed E-state index contributed by atoms with van der Waals surface area (Å²) in [5.41, 5.74) is 2.97. The highest BCUT2D eigenvalue weighted by molar-refractivity contribution is 5.83. The molecule has 1 fully saturated rings. The van der Waals surface area contributed by atoms with Crippen LogP contribution in [0.2, 0.25) is 0 Å². The van der Waals surface area contributed by atoms with E-state index in [1.807, 2.05) is 24.1 Å². The predicted molar refractivity (Wildman–Crippen MR) is 113 cm³/mol. The van der Waals surface area contributed by atoms with E-state index < -0.39 is 0 Å². The van der Waals surface area contributed by atoms with Crippen LogP contribution in [0.4, 0.5) is 5.82 Å². The highest BCUT2D eigenvalue weighted by Crippen LogP contribution is 2.32. The van der Waals surface area contributed by atoms with Gasteiger partial charge in [-0.15, -0.1) is 0 Å². The number of pyridine rings is 1. The molecule has 0 N–H and O–H groups in total. The van der Waals surface area contributed by atoms with E-state index in [0.717, 1.165) is 36.5 Å². The number of ether oxygens (including phenoxy) is 1. The summed E-state index contributed by atoms with van der Waals surface area (Å²) >= 11 is 0. The van der Waals surface area contributed by atoms with Crippen molar-refractivity contribution in [3.63, 3.8) is 0 Å². The van der Waals surface area contributed by atoms with Gasteiger partial charge in [0.05, 0.1) is 13.7 Å². The second-order valence-electron chi connectivity index (χ2n) is 8.33. The molecule has 6 nitrogen and oxygen atoms in total. The molecule has 2 aliphatic rings. The van der Waals surface area contributed by atoms with Gasteiger partial charge in [0.25, 0.3) is 0 Å². The van der Waals surface area contributed by atoms with Gasteiger partial charge in [-0.2, -0.15) is 0 Å². The Morgan fingerprint density at radius 1 is 1.17 bits per heavy atom. The molecule has 0 radical (unpaired) electrons. The number of anilines is 1. The molecule has 2 heterocycles. The van der Waals surface area contributed by atoms with Crippen LogP contribution in [0.3, 0.4) is 0 Å². The molecule has 0 spiro atoms. The van der Waals surface area contributed by atoms with Gasteiger partial charge in [0, 0.05) is 37.0 Å². The number of carbonyl (C=O) groups excluding carboxylic acids is 1. The summed E-state index contributed by atoms with van der Waals surface area (Å²) in [6.07, 6.45) is 11.7. The number of nitrogens with zero attached hydrogens (tertiary/aromatic N) is 4. The summed E-state index contributed by atoms with van der Waals surface area (Å²) in [5, 5.41) is 0. The Bertz CT molecular complexity index is 877.